The third-order valence-electron chi connectivity index (χ3n) is 3.38. The van der Waals surface area contributed by atoms with Crippen molar-refractivity contribution in [2.75, 3.05) is 13.1 Å². The molecule has 0 aromatic carbocycles. The van der Waals surface area contributed by atoms with Crippen molar-refractivity contribution in [1.82, 2.24) is 9.88 Å². The first-order valence-electron chi connectivity index (χ1n) is 5.25. The highest BCUT2D eigenvalue weighted by Gasteiger charge is 2.30. The minimum atomic E-state index is 0. The molecule has 0 radical (unpaired) electrons. The van der Waals surface area contributed by atoms with E-state index in [0.29, 0.717) is 11.8 Å². The molecule has 15 heavy (non-hydrogen) atoms. The fourth-order valence-electron chi connectivity index (χ4n) is 2.74. The molecule has 1 aromatic heterocycles. The van der Waals surface area contributed by atoms with Crippen LogP contribution in [0.5, 0.6) is 0 Å². The highest BCUT2D eigenvalue weighted by molar-refractivity contribution is 5.85. The summed E-state index contributed by atoms with van der Waals surface area (Å²) in [7, 11) is 0. The van der Waals surface area contributed by atoms with Crippen molar-refractivity contribution < 1.29 is 0 Å². The number of halogens is 1. The Labute approximate surface area is 94.9 Å². The van der Waals surface area contributed by atoms with Crippen LogP contribution in [0, 0.1) is 5.92 Å². The summed E-state index contributed by atoms with van der Waals surface area (Å²) in [6, 6.07) is 5.64. The number of fused-ring (bicyclic) bond motifs is 4. The summed E-state index contributed by atoms with van der Waals surface area (Å²) in [6.45, 7) is 3.00. The number of nitrogens with one attached hydrogen (secondary N) is 1. The predicted octanol–water partition coefficient (Wildman–Crippen LogP) is 0.977. The van der Waals surface area contributed by atoms with Crippen molar-refractivity contribution >= 4 is 12.4 Å². The molecule has 0 saturated carbocycles. The average molecular weight is 227 g/mol. The van der Waals surface area contributed by atoms with Crippen LogP contribution in [0.25, 0.3) is 0 Å². The standard InChI is InChI=1S/C11H14N2O.ClH/c14-11-3-1-2-10-9-4-8(5-12-6-9)7-13(10)11;/h1-3,8-9,12H,4-7H2;1H/t8-,9+;/m0./s1. The van der Waals surface area contributed by atoms with E-state index in [4.69, 9.17) is 0 Å². The van der Waals surface area contributed by atoms with E-state index >= 15 is 0 Å². The Balaban J connectivity index is 0.000000853. The number of aromatic nitrogens is 1. The van der Waals surface area contributed by atoms with E-state index in [9.17, 15) is 4.79 Å². The summed E-state index contributed by atoms with van der Waals surface area (Å²) in [5.41, 5.74) is 1.39. The van der Waals surface area contributed by atoms with Gasteiger partial charge in [0.2, 0.25) is 0 Å². The number of piperidine rings is 1. The van der Waals surface area contributed by atoms with E-state index in [1.165, 1.54) is 12.1 Å². The van der Waals surface area contributed by atoms with Crippen molar-refractivity contribution in [1.29, 1.82) is 0 Å². The van der Waals surface area contributed by atoms with E-state index in [1.807, 2.05) is 10.6 Å². The molecule has 3 nitrogen and oxygen atoms in total. The van der Waals surface area contributed by atoms with Crippen molar-refractivity contribution in [2.45, 2.75) is 18.9 Å². The van der Waals surface area contributed by atoms with Crippen LogP contribution in [0.15, 0.2) is 23.0 Å². The molecule has 1 fully saturated rings. The van der Waals surface area contributed by atoms with E-state index in [1.54, 1.807) is 6.07 Å². The number of pyridine rings is 1. The van der Waals surface area contributed by atoms with Gasteiger partial charge in [0.05, 0.1) is 0 Å². The number of hydrogen-bond acceptors (Lipinski definition) is 2. The minimum Gasteiger partial charge on any atom is -0.316 e. The van der Waals surface area contributed by atoms with Crippen LogP contribution in [0.3, 0.4) is 0 Å². The molecule has 0 aliphatic carbocycles. The van der Waals surface area contributed by atoms with E-state index < -0.39 is 0 Å². The molecule has 2 aliphatic heterocycles. The fourth-order valence-corrected chi connectivity index (χ4v) is 2.74. The zero-order valence-corrected chi connectivity index (χ0v) is 9.30. The zero-order valence-electron chi connectivity index (χ0n) is 8.48. The SMILES string of the molecule is Cl.O=c1cccc2n1C[C@@H]1CNC[C@H]2C1. The molecule has 0 amide bonds. The molecular weight excluding hydrogens is 212 g/mol. The lowest BCUT2D eigenvalue weighted by atomic mass is 9.84. The van der Waals surface area contributed by atoms with Gasteiger partial charge in [-0.15, -0.1) is 12.4 Å². The molecule has 2 bridgehead atoms. The molecule has 82 valence electrons. The second kappa shape index (κ2) is 3.99. The highest BCUT2D eigenvalue weighted by Crippen LogP contribution is 2.31. The maximum Gasteiger partial charge on any atom is 0.250 e. The average Bonchev–Trinajstić information content (AvgIpc) is 2.20. The molecule has 3 heterocycles. The second-order valence-corrected chi connectivity index (χ2v) is 4.36. The third kappa shape index (κ3) is 1.70. The number of nitrogens with zero attached hydrogens (tertiary/aromatic N) is 1. The maximum atomic E-state index is 11.6. The largest absolute Gasteiger partial charge is 0.316 e. The van der Waals surface area contributed by atoms with Gasteiger partial charge in [-0.05, 0) is 24.9 Å². The van der Waals surface area contributed by atoms with Crippen LogP contribution in [0.1, 0.15) is 18.0 Å². The van der Waals surface area contributed by atoms with Gasteiger partial charge in [0, 0.05) is 30.8 Å². The Morgan fingerprint density at radius 2 is 2.20 bits per heavy atom. The third-order valence-corrected chi connectivity index (χ3v) is 3.38. The lowest BCUT2D eigenvalue weighted by Crippen LogP contribution is -2.44. The van der Waals surface area contributed by atoms with Crippen LogP contribution >= 0.6 is 12.4 Å². The van der Waals surface area contributed by atoms with Crippen LogP contribution in [0.4, 0.5) is 0 Å². The van der Waals surface area contributed by atoms with Crippen LogP contribution in [-0.4, -0.2) is 17.7 Å². The number of rotatable bonds is 0. The summed E-state index contributed by atoms with van der Waals surface area (Å²) in [5, 5.41) is 3.43. The topological polar surface area (TPSA) is 34.0 Å². The first-order valence-corrected chi connectivity index (χ1v) is 5.25. The van der Waals surface area contributed by atoms with Crippen molar-refractivity contribution in [3.8, 4) is 0 Å². The van der Waals surface area contributed by atoms with Crippen LogP contribution in [-0.2, 0) is 6.54 Å². The van der Waals surface area contributed by atoms with Gasteiger partial charge in [-0.25, -0.2) is 0 Å². The molecular formula is C11H15ClN2O. The fraction of sp³-hybridized carbons (Fsp3) is 0.545. The summed E-state index contributed by atoms with van der Waals surface area (Å²) in [4.78, 5) is 11.6. The van der Waals surface area contributed by atoms with E-state index in [-0.39, 0.29) is 18.0 Å². The molecule has 4 heteroatoms. The first kappa shape index (κ1) is 10.7. The smallest absolute Gasteiger partial charge is 0.250 e. The van der Waals surface area contributed by atoms with E-state index in [0.717, 1.165) is 19.6 Å². The molecule has 3 rings (SSSR count). The van der Waals surface area contributed by atoms with Gasteiger partial charge in [0.1, 0.15) is 0 Å². The maximum absolute atomic E-state index is 11.6. The second-order valence-electron chi connectivity index (χ2n) is 4.36. The molecule has 2 atom stereocenters. The molecule has 1 N–H and O–H groups in total. The predicted molar refractivity (Wildman–Crippen MR) is 61.7 cm³/mol. The summed E-state index contributed by atoms with van der Waals surface area (Å²) in [6.07, 6.45) is 1.25. The molecule has 1 saturated heterocycles. The first-order chi connectivity index (χ1) is 6.84. The lowest BCUT2D eigenvalue weighted by Gasteiger charge is -2.37. The Bertz CT molecular complexity index is 415. The van der Waals surface area contributed by atoms with Gasteiger partial charge in [-0.2, -0.15) is 0 Å². The lowest BCUT2D eigenvalue weighted by molar-refractivity contribution is 0.257. The molecule has 0 unspecified atom stereocenters. The molecule has 1 aromatic rings. The molecule has 0 spiro atoms. The van der Waals surface area contributed by atoms with Crippen LogP contribution in [0.2, 0.25) is 0 Å². The summed E-state index contributed by atoms with van der Waals surface area (Å²) < 4.78 is 1.96. The monoisotopic (exact) mass is 226 g/mol. The van der Waals surface area contributed by atoms with Gasteiger partial charge in [-0.3, -0.25) is 4.79 Å². The Kier molecular flexibility index (Phi) is 2.85. The Morgan fingerprint density at radius 3 is 3.07 bits per heavy atom. The van der Waals surface area contributed by atoms with E-state index in [2.05, 4.69) is 11.4 Å². The van der Waals surface area contributed by atoms with Gasteiger partial charge in [0.15, 0.2) is 0 Å². The summed E-state index contributed by atoms with van der Waals surface area (Å²) >= 11 is 0. The van der Waals surface area contributed by atoms with Crippen molar-refractivity contribution in [3.63, 3.8) is 0 Å². The van der Waals surface area contributed by atoms with Gasteiger partial charge in [0.25, 0.3) is 5.56 Å². The van der Waals surface area contributed by atoms with Crippen LogP contribution < -0.4 is 10.9 Å². The van der Waals surface area contributed by atoms with Crippen molar-refractivity contribution in [3.05, 3.63) is 34.2 Å². The van der Waals surface area contributed by atoms with Gasteiger partial charge >= 0.3 is 0 Å². The zero-order chi connectivity index (χ0) is 9.54. The Morgan fingerprint density at radius 1 is 1.33 bits per heavy atom. The quantitative estimate of drug-likeness (QED) is 0.716. The molecule has 2 aliphatic rings. The number of hydrogen-bond donors (Lipinski definition) is 1. The van der Waals surface area contributed by atoms with Crippen molar-refractivity contribution in [2.24, 2.45) is 5.92 Å². The highest BCUT2D eigenvalue weighted by atomic mass is 35.5. The van der Waals surface area contributed by atoms with Gasteiger partial charge in [-0.1, -0.05) is 6.07 Å². The van der Waals surface area contributed by atoms with Gasteiger partial charge < -0.3 is 9.88 Å². The minimum absolute atomic E-state index is 0. The Hall–Kier alpha value is -0.800. The summed E-state index contributed by atoms with van der Waals surface area (Å²) in [5.74, 6) is 1.21. The normalized spacial score (nSPS) is 27.7.